The predicted octanol–water partition coefficient (Wildman–Crippen LogP) is 2.31. The van der Waals surface area contributed by atoms with Gasteiger partial charge in [0.25, 0.3) is 5.91 Å². The zero-order valence-corrected chi connectivity index (χ0v) is 16.2. The number of rotatable bonds is 3. The van der Waals surface area contributed by atoms with E-state index in [0.717, 1.165) is 24.1 Å². The fourth-order valence-corrected chi connectivity index (χ4v) is 5.11. The Morgan fingerprint density at radius 1 is 1.29 bits per heavy atom. The lowest BCUT2D eigenvalue weighted by Crippen LogP contribution is -2.44. The van der Waals surface area contributed by atoms with Gasteiger partial charge in [-0.25, -0.2) is 10.4 Å². The van der Waals surface area contributed by atoms with E-state index in [1.165, 1.54) is 17.5 Å². The lowest BCUT2D eigenvalue weighted by Gasteiger charge is -2.33. The second kappa shape index (κ2) is 7.69. The molecule has 7 nitrogen and oxygen atoms in total. The summed E-state index contributed by atoms with van der Waals surface area (Å²) < 4.78 is 0. The van der Waals surface area contributed by atoms with Crippen LogP contribution >= 0.6 is 11.3 Å². The van der Waals surface area contributed by atoms with E-state index in [9.17, 15) is 4.79 Å². The molecule has 28 heavy (non-hydrogen) atoms. The van der Waals surface area contributed by atoms with Crippen LogP contribution in [0, 0.1) is 35.5 Å². The molecule has 0 radical (unpaired) electrons. The summed E-state index contributed by atoms with van der Waals surface area (Å²) in [5, 5.41) is 21.2. The van der Waals surface area contributed by atoms with Gasteiger partial charge in [-0.2, -0.15) is 10.5 Å². The number of nitrogens with one attached hydrogen (secondary N) is 3. The molecule has 0 aromatic carbocycles. The maximum atomic E-state index is 12.7. The van der Waals surface area contributed by atoms with Gasteiger partial charge in [0.15, 0.2) is 0 Å². The van der Waals surface area contributed by atoms with Gasteiger partial charge in [0, 0.05) is 23.2 Å². The van der Waals surface area contributed by atoms with Crippen LogP contribution in [0.3, 0.4) is 0 Å². The van der Waals surface area contributed by atoms with E-state index < -0.39 is 0 Å². The zero-order chi connectivity index (χ0) is 19.7. The van der Waals surface area contributed by atoms with Gasteiger partial charge in [-0.1, -0.05) is 0 Å². The van der Waals surface area contributed by atoms with Gasteiger partial charge in [0.1, 0.15) is 22.7 Å². The molecule has 3 N–H and O–H groups in total. The Morgan fingerprint density at radius 3 is 2.86 bits per heavy atom. The summed E-state index contributed by atoms with van der Waals surface area (Å²) in [6.07, 6.45) is 4.16. The molecule has 1 saturated heterocycles. The molecule has 4 rings (SSSR count). The van der Waals surface area contributed by atoms with Gasteiger partial charge in [0.05, 0.1) is 11.6 Å². The third kappa shape index (κ3) is 3.50. The van der Waals surface area contributed by atoms with Gasteiger partial charge < -0.3 is 5.32 Å². The standard InChI is InChI=1S/C20H20N6OS/c1-11-6-12(8-21)10-23-18(11)20(27)24-13-2-4-16-15(7-13)19(26-25-16)17-5-3-14(9-22)28-17/h3,5-6,10,13,15-16,19,25-26H,2,4,7H2,1H3,(H,24,27). The quantitative estimate of drug-likeness (QED) is 0.739. The summed E-state index contributed by atoms with van der Waals surface area (Å²) >= 11 is 1.52. The van der Waals surface area contributed by atoms with E-state index in [2.05, 4.69) is 27.2 Å². The number of thiophene rings is 1. The minimum atomic E-state index is -0.191. The first-order valence-electron chi connectivity index (χ1n) is 9.27. The number of amides is 1. The summed E-state index contributed by atoms with van der Waals surface area (Å²) in [4.78, 5) is 18.7. The van der Waals surface area contributed by atoms with Crippen LogP contribution in [0.2, 0.25) is 0 Å². The Balaban J connectivity index is 1.45. The maximum Gasteiger partial charge on any atom is 0.270 e. The van der Waals surface area contributed by atoms with Gasteiger partial charge in [0.2, 0.25) is 0 Å². The first-order valence-corrected chi connectivity index (χ1v) is 10.1. The van der Waals surface area contributed by atoms with Crippen molar-refractivity contribution in [1.82, 2.24) is 21.2 Å². The highest BCUT2D eigenvalue weighted by molar-refractivity contribution is 7.12. The van der Waals surface area contributed by atoms with Crippen molar-refractivity contribution >= 4 is 17.2 Å². The van der Waals surface area contributed by atoms with Crippen molar-refractivity contribution < 1.29 is 4.79 Å². The van der Waals surface area contributed by atoms with Gasteiger partial charge in [-0.3, -0.25) is 10.2 Å². The number of pyridine rings is 1. The number of carbonyl (C=O) groups is 1. The number of carbonyl (C=O) groups excluding carboxylic acids is 1. The van der Waals surface area contributed by atoms with Crippen LogP contribution in [0.15, 0.2) is 24.4 Å². The highest BCUT2D eigenvalue weighted by Gasteiger charge is 2.42. The van der Waals surface area contributed by atoms with E-state index in [0.29, 0.717) is 33.7 Å². The number of nitrogens with zero attached hydrogens (tertiary/aromatic N) is 3. The highest BCUT2D eigenvalue weighted by Crippen LogP contribution is 2.40. The van der Waals surface area contributed by atoms with E-state index >= 15 is 0 Å². The fourth-order valence-electron chi connectivity index (χ4n) is 4.18. The van der Waals surface area contributed by atoms with Crippen LogP contribution in [-0.2, 0) is 0 Å². The third-order valence-electron chi connectivity index (χ3n) is 5.55. The Kier molecular flexibility index (Phi) is 5.10. The smallest absolute Gasteiger partial charge is 0.270 e. The van der Waals surface area contributed by atoms with Crippen molar-refractivity contribution in [2.75, 3.05) is 0 Å². The number of hydrogen-bond acceptors (Lipinski definition) is 7. The molecule has 2 aromatic heterocycles. The van der Waals surface area contributed by atoms with Crippen molar-refractivity contribution in [3.05, 3.63) is 51.0 Å². The number of aromatic nitrogens is 1. The van der Waals surface area contributed by atoms with E-state index in [4.69, 9.17) is 10.5 Å². The predicted molar refractivity (Wildman–Crippen MR) is 104 cm³/mol. The lowest BCUT2D eigenvalue weighted by molar-refractivity contribution is 0.0909. The summed E-state index contributed by atoms with van der Waals surface area (Å²) in [7, 11) is 0. The van der Waals surface area contributed by atoms with Crippen LogP contribution in [0.1, 0.15) is 56.7 Å². The largest absolute Gasteiger partial charge is 0.348 e. The molecule has 1 saturated carbocycles. The minimum absolute atomic E-state index is 0.0743. The fraction of sp³-hybridized carbons (Fsp3) is 0.400. The first kappa shape index (κ1) is 18.6. The minimum Gasteiger partial charge on any atom is -0.348 e. The van der Waals surface area contributed by atoms with E-state index in [1.807, 2.05) is 18.2 Å². The zero-order valence-electron chi connectivity index (χ0n) is 15.4. The summed E-state index contributed by atoms with van der Waals surface area (Å²) in [5.41, 5.74) is 8.28. The molecule has 1 amide bonds. The molecule has 142 valence electrons. The molecule has 8 heteroatoms. The third-order valence-corrected chi connectivity index (χ3v) is 6.63. The lowest BCUT2D eigenvalue weighted by atomic mass is 9.78. The molecule has 4 unspecified atom stereocenters. The molecule has 2 fully saturated rings. The second-order valence-electron chi connectivity index (χ2n) is 7.34. The van der Waals surface area contributed by atoms with Crippen LogP contribution in [0.5, 0.6) is 0 Å². The molecule has 0 bridgehead atoms. The molecule has 2 aliphatic rings. The summed E-state index contributed by atoms with van der Waals surface area (Å²) in [6, 6.07) is 10.4. The normalized spacial score (nSPS) is 26.1. The molecule has 0 spiro atoms. The van der Waals surface area contributed by atoms with E-state index in [1.54, 1.807) is 13.0 Å². The first-order chi connectivity index (χ1) is 13.6. The van der Waals surface area contributed by atoms with Crippen molar-refractivity contribution in [3.8, 4) is 12.1 Å². The Labute approximate surface area is 167 Å². The molecule has 1 aliphatic carbocycles. The number of hydrazine groups is 1. The summed E-state index contributed by atoms with van der Waals surface area (Å²) in [6.45, 7) is 1.80. The Morgan fingerprint density at radius 2 is 2.14 bits per heavy atom. The van der Waals surface area contributed by atoms with E-state index in [-0.39, 0.29) is 18.0 Å². The molecule has 3 heterocycles. The van der Waals surface area contributed by atoms with Crippen LogP contribution in [-0.4, -0.2) is 23.0 Å². The second-order valence-corrected chi connectivity index (χ2v) is 8.45. The molecule has 2 aromatic rings. The maximum absolute atomic E-state index is 12.7. The monoisotopic (exact) mass is 392 g/mol. The average molecular weight is 392 g/mol. The number of nitriles is 2. The molecular formula is C20H20N6OS. The van der Waals surface area contributed by atoms with Gasteiger partial charge in [-0.15, -0.1) is 11.3 Å². The summed E-state index contributed by atoms with van der Waals surface area (Å²) in [5.74, 6) is 0.156. The van der Waals surface area contributed by atoms with Crippen molar-refractivity contribution in [2.45, 2.75) is 44.3 Å². The Bertz CT molecular complexity index is 987. The SMILES string of the molecule is Cc1cc(C#N)cnc1C(=O)NC1CCC2NNC(c3ccc(C#N)s3)C2C1. The van der Waals surface area contributed by atoms with Gasteiger partial charge in [-0.05, 0) is 55.9 Å². The van der Waals surface area contributed by atoms with Crippen LogP contribution in [0.4, 0.5) is 0 Å². The number of fused-ring (bicyclic) bond motifs is 1. The van der Waals surface area contributed by atoms with Gasteiger partial charge >= 0.3 is 0 Å². The van der Waals surface area contributed by atoms with Crippen molar-refractivity contribution in [2.24, 2.45) is 5.92 Å². The average Bonchev–Trinajstić information content (AvgIpc) is 3.33. The highest BCUT2D eigenvalue weighted by atomic mass is 32.1. The molecule has 4 atom stereocenters. The Hall–Kier alpha value is -2.78. The van der Waals surface area contributed by atoms with Crippen LogP contribution in [0.25, 0.3) is 0 Å². The van der Waals surface area contributed by atoms with Crippen molar-refractivity contribution in [3.63, 3.8) is 0 Å². The molecular weight excluding hydrogens is 372 g/mol. The van der Waals surface area contributed by atoms with Crippen molar-refractivity contribution in [1.29, 1.82) is 10.5 Å². The molecule has 1 aliphatic heterocycles. The topological polar surface area (TPSA) is 114 Å². The van der Waals surface area contributed by atoms with Crippen LogP contribution < -0.4 is 16.2 Å². The number of aryl methyl sites for hydroxylation is 1. The number of hydrogen-bond donors (Lipinski definition) is 3.